The van der Waals surface area contributed by atoms with E-state index in [1.165, 1.54) is 0 Å². The molecular formula is C10H18O3. The van der Waals surface area contributed by atoms with E-state index in [1.54, 1.807) is 0 Å². The average Bonchev–Trinajstić information content (AvgIpc) is 2.04. The molecule has 0 aliphatic heterocycles. The van der Waals surface area contributed by atoms with E-state index in [2.05, 4.69) is 6.92 Å². The lowest BCUT2D eigenvalue weighted by molar-refractivity contribution is -0.140. The summed E-state index contributed by atoms with van der Waals surface area (Å²) in [7, 11) is 0. The Morgan fingerprint density at radius 3 is 2.38 bits per heavy atom. The maximum atomic E-state index is 10.4. The number of hydrogen-bond acceptors (Lipinski definition) is 2. The largest absolute Gasteiger partial charge is 0.481 e. The van der Waals surface area contributed by atoms with Crippen molar-refractivity contribution in [3.8, 4) is 0 Å². The van der Waals surface area contributed by atoms with Crippen LogP contribution >= 0.6 is 0 Å². The molecule has 0 aromatic rings. The summed E-state index contributed by atoms with van der Waals surface area (Å²) in [4.78, 5) is 10.4. The van der Waals surface area contributed by atoms with Crippen molar-refractivity contribution in [2.75, 3.05) is 0 Å². The highest BCUT2D eigenvalue weighted by Gasteiger charge is 2.25. The van der Waals surface area contributed by atoms with E-state index in [4.69, 9.17) is 5.11 Å². The van der Waals surface area contributed by atoms with Crippen molar-refractivity contribution < 1.29 is 15.0 Å². The molecule has 0 amide bonds. The van der Waals surface area contributed by atoms with E-state index in [1.807, 2.05) is 0 Å². The minimum atomic E-state index is -0.897. The third-order valence-electron chi connectivity index (χ3n) is 2.99. The van der Waals surface area contributed by atoms with Crippen LogP contribution in [0.25, 0.3) is 0 Å². The van der Waals surface area contributed by atoms with E-state index < -0.39 is 12.1 Å². The van der Waals surface area contributed by atoms with Crippen LogP contribution in [0.2, 0.25) is 0 Å². The predicted molar refractivity (Wildman–Crippen MR) is 49.4 cm³/mol. The summed E-state index contributed by atoms with van der Waals surface area (Å²) in [6, 6.07) is 0. The second-order valence-electron chi connectivity index (χ2n) is 4.19. The van der Waals surface area contributed by atoms with Gasteiger partial charge in [-0.1, -0.05) is 19.8 Å². The Balaban J connectivity index is 2.31. The molecule has 76 valence electrons. The zero-order valence-corrected chi connectivity index (χ0v) is 8.07. The number of carbonyl (C=O) groups is 1. The summed E-state index contributed by atoms with van der Waals surface area (Å²) in [5, 5.41) is 18.1. The maximum absolute atomic E-state index is 10.4. The van der Waals surface area contributed by atoms with Gasteiger partial charge in [-0.3, -0.25) is 4.79 Å². The Hall–Kier alpha value is -0.570. The molecule has 1 rings (SSSR count). The summed E-state index contributed by atoms with van der Waals surface area (Å²) in [6.45, 7) is 2.21. The Labute approximate surface area is 78.8 Å². The molecule has 0 aromatic carbocycles. The zero-order valence-electron chi connectivity index (χ0n) is 8.07. The SMILES string of the molecule is CC1CCC(C(O)CC(=O)O)CC1. The standard InChI is InChI=1S/C10H18O3/c1-7-2-4-8(5-3-7)9(11)6-10(12)13/h7-9,11H,2-6H2,1H3,(H,12,13). The van der Waals surface area contributed by atoms with Crippen LogP contribution in [-0.2, 0) is 4.79 Å². The number of aliphatic hydroxyl groups excluding tert-OH is 1. The lowest BCUT2D eigenvalue weighted by Crippen LogP contribution is -2.27. The van der Waals surface area contributed by atoms with Gasteiger partial charge in [0.05, 0.1) is 12.5 Å². The predicted octanol–water partition coefficient (Wildman–Crippen LogP) is 1.65. The summed E-state index contributed by atoms with van der Waals surface area (Å²) in [6.07, 6.45) is 3.48. The molecule has 0 spiro atoms. The van der Waals surface area contributed by atoms with Gasteiger partial charge in [0.15, 0.2) is 0 Å². The molecule has 0 saturated heterocycles. The number of aliphatic hydroxyl groups is 1. The van der Waals surface area contributed by atoms with Gasteiger partial charge in [0.1, 0.15) is 0 Å². The lowest BCUT2D eigenvalue weighted by atomic mass is 9.79. The van der Waals surface area contributed by atoms with E-state index in [0.717, 1.165) is 31.6 Å². The molecule has 1 aliphatic carbocycles. The molecule has 0 bridgehead atoms. The van der Waals surface area contributed by atoms with Gasteiger partial charge in [0, 0.05) is 0 Å². The van der Waals surface area contributed by atoms with Gasteiger partial charge in [-0.15, -0.1) is 0 Å². The van der Waals surface area contributed by atoms with Crippen LogP contribution in [0.5, 0.6) is 0 Å². The number of carboxylic acid groups (broad SMARTS) is 1. The molecule has 1 saturated carbocycles. The first-order chi connectivity index (χ1) is 6.09. The Morgan fingerprint density at radius 1 is 1.38 bits per heavy atom. The molecule has 2 N–H and O–H groups in total. The van der Waals surface area contributed by atoms with Crippen molar-refractivity contribution in [1.82, 2.24) is 0 Å². The maximum Gasteiger partial charge on any atom is 0.305 e. The van der Waals surface area contributed by atoms with Crippen LogP contribution < -0.4 is 0 Å². The van der Waals surface area contributed by atoms with Crippen LogP contribution in [0.4, 0.5) is 0 Å². The summed E-state index contributed by atoms with van der Waals surface area (Å²) < 4.78 is 0. The fourth-order valence-electron chi connectivity index (χ4n) is 2.02. The van der Waals surface area contributed by atoms with Gasteiger partial charge < -0.3 is 10.2 Å². The minimum absolute atomic E-state index is 0.0982. The molecular weight excluding hydrogens is 168 g/mol. The number of rotatable bonds is 3. The molecule has 0 aromatic heterocycles. The zero-order chi connectivity index (χ0) is 9.84. The van der Waals surface area contributed by atoms with E-state index in [9.17, 15) is 9.90 Å². The van der Waals surface area contributed by atoms with Crippen molar-refractivity contribution in [2.24, 2.45) is 11.8 Å². The highest BCUT2D eigenvalue weighted by Crippen LogP contribution is 2.31. The number of carboxylic acids is 1. The van der Waals surface area contributed by atoms with Crippen LogP contribution in [0.15, 0.2) is 0 Å². The first-order valence-electron chi connectivity index (χ1n) is 4.99. The fraction of sp³-hybridized carbons (Fsp3) is 0.900. The molecule has 13 heavy (non-hydrogen) atoms. The van der Waals surface area contributed by atoms with Crippen LogP contribution in [0.1, 0.15) is 39.0 Å². The van der Waals surface area contributed by atoms with Gasteiger partial charge in [0.25, 0.3) is 0 Å². The minimum Gasteiger partial charge on any atom is -0.481 e. The van der Waals surface area contributed by atoms with Gasteiger partial charge in [-0.2, -0.15) is 0 Å². The van der Waals surface area contributed by atoms with Crippen molar-refractivity contribution >= 4 is 5.97 Å². The second kappa shape index (κ2) is 4.61. The van der Waals surface area contributed by atoms with Gasteiger partial charge >= 0.3 is 5.97 Å². The van der Waals surface area contributed by atoms with E-state index >= 15 is 0 Å². The van der Waals surface area contributed by atoms with Crippen molar-refractivity contribution in [3.05, 3.63) is 0 Å². The highest BCUT2D eigenvalue weighted by atomic mass is 16.4. The number of hydrogen-bond donors (Lipinski definition) is 2. The van der Waals surface area contributed by atoms with E-state index in [0.29, 0.717) is 0 Å². The quantitative estimate of drug-likeness (QED) is 0.704. The number of aliphatic carboxylic acids is 1. The third-order valence-corrected chi connectivity index (χ3v) is 2.99. The van der Waals surface area contributed by atoms with Gasteiger partial charge in [-0.25, -0.2) is 0 Å². The molecule has 1 aliphatic rings. The first kappa shape index (κ1) is 10.5. The van der Waals surface area contributed by atoms with Gasteiger partial charge in [-0.05, 0) is 24.7 Å². The fourth-order valence-corrected chi connectivity index (χ4v) is 2.02. The highest BCUT2D eigenvalue weighted by molar-refractivity contribution is 5.67. The molecule has 3 nitrogen and oxygen atoms in total. The lowest BCUT2D eigenvalue weighted by Gasteiger charge is -2.29. The van der Waals surface area contributed by atoms with Crippen LogP contribution in [-0.4, -0.2) is 22.3 Å². The van der Waals surface area contributed by atoms with E-state index in [-0.39, 0.29) is 12.3 Å². The molecule has 3 heteroatoms. The Morgan fingerprint density at radius 2 is 1.92 bits per heavy atom. The second-order valence-corrected chi connectivity index (χ2v) is 4.19. The summed E-state index contributed by atoms with van der Waals surface area (Å²) >= 11 is 0. The van der Waals surface area contributed by atoms with Crippen molar-refractivity contribution in [3.63, 3.8) is 0 Å². The molecule has 1 unspecified atom stereocenters. The topological polar surface area (TPSA) is 57.5 Å². The molecule has 0 radical (unpaired) electrons. The third kappa shape index (κ3) is 3.35. The van der Waals surface area contributed by atoms with Crippen LogP contribution in [0, 0.1) is 11.8 Å². The van der Waals surface area contributed by atoms with Crippen molar-refractivity contribution in [2.45, 2.75) is 45.1 Å². The van der Waals surface area contributed by atoms with Crippen molar-refractivity contribution in [1.29, 1.82) is 0 Å². The molecule has 0 heterocycles. The summed E-state index contributed by atoms with van der Waals surface area (Å²) in [5.41, 5.74) is 0. The van der Waals surface area contributed by atoms with Crippen LogP contribution in [0.3, 0.4) is 0 Å². The smallest absolute Gasteiger partial charge is 0.305 e. The van der Waals surface area contributed by atoms with Gasteiger partial charge in [0.2, 0.25) is 0 Å². The Kier molecular flexibility index (Phi) is 3.72. The molecule has 1 atom stereocenters. The average molecular weight is 186 g/mol. The normalized spacial score (nSPS) is 31.2. The monoisotopic (exact) mass is 186 g/mol. The molecule has 1 fully saturated rings. The summed E-state index contributed by atoms with van der Waals surface area (Å²) in [5.74, 6) is 0.0618. The Bertz CT molecular complexity index is 171. The first-order valence-corrected chi connectivity index (χ1v) is 4.99.